The van der Waals surface area contributed by atoms with Crippen LogP contribution in [0.1, 0.15) is 31.7 Å². The molecule has 1 N–H and O–H groups in total. The van der Waals surface area contributed by atoms with Crippen molar-refractivity contribution in [2.75, 3.05) is 13.2 Å². The first-order valence-electron chi connectivity index (χ1n) is 6.19. The van der Waals surface area contributed by atoms with Crippen LogP contribution in [0.5, 0.6) is 0 Å². The normalized spacial score (nSPS) is 23.9. The third kappa shape index (κ3) is 3.89. The van der Waals surface area contributed by atoms with Crippen LogP contribution in [0.25, 0.3) is 0 Å². The van der Waals surface area contributed by atoms with Gasteiger partial charge in [0.2, 0.25) is 0 Å². The number of hydrogen-bond donors (Lipinski definition) is 1. The van der Waals surface area contributed by atoms with Gasteiger partial charge in [0, 0.05) is 25.3 Å². The van der Waals surface area contributed by atoms with Crippen LogP contribution in [0, 0.1) is 0 Å². The van der Waals surface area contributed by atoms with Gasteiger partial charge in [-0.2, -0.15) is 11.3 Å². The smallest absolute Gasteiger partial charge is 0.0480 e. The Morgan fingerprint density at radius 3 is 3.25 bits per heavy atom. The topological polar surface area (TPSA) is 21.3 Å². The second-order valence-electron chi connectivity index (χ2n) is 4.64. The van der Waals surface area contributed by atoms with Crippen molar-refractivity contribution >= 4 is 11.3 Å². The minimum atomic E-state index is 0.567. The quantitative estimate of drug-likeness (QED) is 0.872. The van der Waals surface area contributed by atoms with Gasteiger partial charge in [0.15, 0.2) is 0 Å². The fourth-order valence-corrected chi connectivity index (χ4v) is 2.98. The van der Waals surface area contributed by atoms with E-state index in [0.29, 0.717) is 12.1 Å². The fraction of sp³-hybridized carbons (Fsp3) is 0.692. The van der Waals surface area contributed by atoms with Crippen molar-refractivity contribution in [3.8, 4) is 0 Å². The Kier molecular flexibility index (Phi) is 4.82. The molecule has 1 aromatic rings. The molecule has 1 aliphatic rings. The maximum atomic E-state index is 5.47. The van der Waals surface area contributed by atoms with E-state index in [-0.39, 0.29) is 0 Å². The molecule has 0 radical (unpaired) electrons. The highest BCUT2D eigenvalue weighted by atomic mass is 32.1. The van der Waals surface area contributed by atoms with Crippen molar-refractivity contribution in [2.45, 2.75) is 44.7 Å². The minimum absolute atomic E-state index is 0.567. The summed E-state index contributed by atoms with van der Waals surface area (Å²) in [5.41, 5.74) is 1.45. The van der Waals surface area contributed by atoms with Crippen LogP contribution in [0.3, 0.4) is 0 Å². The molecule has 90 valence electrons. The molecular weight excluding hydrogens is 218 g/mol. The lowest BCUT2D eigenvalue weighted by Gasteiger charge is -2.21. The van der Waals surface area contributed by atoms with E-state index in [1.165, 1.54) is 18.4 Å². The summed E-state index contributed by atoms with van der Waals surface area (Å²) in [6.07, 6.45) is 4.76. The first-order chi connectivity index (χ1) is 7.84. The van der Waals surface area contributed by atoms with Gasteiger partial charge in [-0.15, -0.1) is 0 Å². The van der Waals surface area contributed by atoms with Crippen molar-refractivity contribution in [3.05, 3.63) is 22.4 Å². The maximum absolute atomic E-state index is 5.47. The third-order valence-corrected chi connectivity index (χ3v) is 3.83. The van der Waals surface area contributed by atoms with Gasteiger partial charge in [0.25, 0.3) is 0 Å². The second-order valence-corrected chi connectivity index (χ2v) is 5.42. The van der Waals surface area contributed by atoms with Gasteiger partial charge in [-0.25, -0.2) is 0 Å². The van der Waals surface area contributed by atoms with E-state index in [1.54, 1.807) is 11.3 Å². The molecule has 2 atom stereocenters. The van der Waals surface area contributed by atoms with E-state index >= 15 is 0 Å². The molecule has 1 aromatic heterocycles. The van der Waals surface area contributed by atoms with Crippen molar-refractivity contribution in [1.82, 2.24) is 5.32 Å². The Hall–Kier alpha value is -0.380. The zero-order chi connectivity index (χ0) is 11.2. The highest BCUT2D eigenvalue weighted by Gasteiger charge is 2.14. The predicted molar refractivity (Wildman–Crippen MR) is 69.1 cm³/mol. The summed E-state index contributed by atoms with van der Waals surface area (Å²) in [4.78, 5) is 0. The second kappa shape index (κ2) is 6.38. The molecule has 16 heavy (non-hydrogen) atoms. The summed E-state index contributed by atoms with van der Waals surface area (Å²) < 4.78 is 5.47. The largest absolute Gasteiger partial charge is 0.381 e. The standard InChI is InChI=1S/C13H21NOS/c1-11(9-12-5-8-16-10-12)14-13-3-2-6-15-7-4-13/h5,8,10-11,13-14H,2-4,6-7,9H2,1H3. The lowest BCUT2D eigenvalue weighted by Crippen LogP contribution is -2.37. The van der Waals surface area contributed by atoms with Crippen LogP contribution in [-0.4, -0.2) is 25.3 Å². The van der Waals surface area contributed by atoms with Gasteiger partial charge in [-0.05, 0) is 55.0 Å². The number of thiophene rings is 1. The summed E-state index contributed by atoms with van der Waals surface area (Å²) in [6.45, 7) is 4.14. The van der Waals surface area contributed by atoms with Crippen molar-refractivity contribution < 1.29 is 4.74 Å². The summed E-state index contributed by atoms with van der Waals surface area (Å²) in [5.74, 6) is 0. The Morgan fingerprint density at radius 2 is 2.44 bits per heavy atom. The number of rotatable bonds is 4. The van der Waals surface area contributed by atoms with Crippen molar-refractivity contribution in [2.24, 2.45) is 0 Å². The van der Waals surface area contributed by atoms with Crippen molar-refractivity contribution in [1.29, 1.82) is 0 Å². The van der Waals surface area contributed by atoms with Gasteiger partial charge in [0.1, 0.15) is 0 Å². The predicted octanol–water partition coefficient (Wildman–Crippen LogP) is 2.84. The fourth-order valence-electron chi connectivity index (χ4n) is 2.29. The highest BCUT2D eigenvalue weighted by molar-refractivity contribution is 7.07. The molecule has 2 nitrogen and oxygen atoms in total. The van der Waals surface area contributed by atoms with Gasteiger partial charge < -0.3 is 10.1 Å². The first-order valence-corrected chi connectivity index (χ1v) is 7.14. The van der Waals surface area contributed by atoms with Crippen LogP contribution >= 0.6 is 11.3 Å². The maximum Gasteiger partial charge on any atom is 0.0480 e. The van der Waals surface area contributed by atoms with Crippen molar-refractivity contribution in [3.63, 3.8) is 0 Å². The SMILES string of the molecule is CC(Cc1ccsc1)NC1CCCOCC1. The van der Waals surface area contributed by atoms with Gasteiger partial charge >= 0.3 is 0 Å². The van der Waals surface area contributed by atoms with E-state index in [1.807, 2.05) is 0 Å². The molecule has 2 heterocycles. The van der Waals surface area contributed by atoms with Gasteiger partial charge in [-0.3, -0.25) is 0 Å². The first kappa shape index (κ1) is 12.1. The Morgan fingerprint density at radius 1 is 1.50 bits per heavy atom. The van der Waals surface area contributed by atoms with Crippen LogP contribution in [-0.2, 0) is 11.2 Å². The Labute approximate surface area is 102 Å². The molecule has 0 bridgehead atoms. The van der Waals surface area contributed by atoms with E-state index in [2.05, 4.69) is 29.1 Å². The van der Waals surface area contributed by atoms with Crippen LogP contribution in [0.15, 0.2) is 16.8 Å². The van der Waals surface area contributed by atoms with Gasteiger partial charge in [-0.1, -0.05) is 0 Å². The molecule has 0 spiro atoms. The molecule has 0 aromatic carbocycles. The van der Waals surface area contributed by atoms with E-state index in [4.69, 9.17) is 4.74 Å². The van der Waals surface area contributed by atoms with E-state index in [9.17, 15) is 0 Å². The molecule has 1 fully saturated rings. The summed E-state index contributed by atoms with van der Waals surface area (Å²) in [6, 6.07) is 3.44. The van der Waals surface area contributed by atoms with Gasteiger partial charge in [0.05, 0.1) is 0 Å². The Bertz CT molecular complexity index is 278. The third-order valence-electron chi connectivity index (χ3n) is 3.09. The summed E-state index contributed by atoms with van der Waals surface area (Å²) >= 11 is 1.78. The lowest BCUT2D eigenvalue weighted by atomic mass is 10.1. The number of ether oxygens (including phenoxy) is 1. The molecule has 1 saturated heterocycles. The van der Waals surface area contributed by atoms with Crippen LogP contribution in [0.4, 0.5) is 0 Å². The zero-order valence-corrected chi connectivity index (χ0v) is 10.8. The van der Waals surface area contributed by atoms with Crippen LogP contribution < -0.4 is 5.32 Å². The average molecular weight is 239 g/mol. The molecule has 0 aliphatic carbocycles. The zero-order valence-electron chi connectivity index (χ0n) is 9.95. The number of nitrogens with one attached hydrogen (secondary N) is 1. The average Bonchev–Trinajstić information content (AvgIpc) is 2.62. The summed E-state index contributed by atoms with van der Waals surface area (Å²) in [7, 11) is 0. The highest BCUT2D eigenvalue weighted by Crippen LogP contribution is 2.12. The monoisotopic (exact) mass is 239 g/mol. The minimum Gasteiger partial charge on any atom is -0.381 e. The molecule has 0 amide bonds. The molecular formula is C13H21NOS. The molecule has 3 heteroatoms. The molecule has 2 unspecified atom stereocenters. The number of hydrogen-bond acceptors (Lipinski definition) is 3. The molecule has 1 aliphatic heterocycles. The van der Waals surface area contributed by atoms with E-state index < -0.39 is 0 Å². The summed E-state index contributed by atoms with van der Waals surface area (Å²) in [5, 5.41) is 8.12. The lowest BCUT2D eigenvalue weighted by molar-refractivity contribution is 0.142. The molecule has 0 saturated carbocycles. The Balaban J connectivity index is 1.75. The molecule has 2 rings (SSSR count). The van der Waals surface area contributed by atoms with E-state index in [0.717, 1.165) is 26.1 Å². The van der Waals surface area contributed by atoms with Crippen LogP contribution in [0.2, 0.25) is 0 Å².